The molecule has 1 aliphatic rings. The van der Waals surface area contributed by atoms with Crippen molar-refractivity contribution in [3.8, 4) is 0 Å². The minimum Gasteiger partial charge on any atom is -0.394 e. The number of aryl methyl sites for hydroxylation is 2. The van der Waals surface area contributed by atoms with Crippen molar-refractivity contribution in [1.29, 1.82) is 0 Å². The Balaban J connectivity index is 2.04. The summed E-state index contributed by atoms with van der Waals surface area (Å²) in [4.78, 5) is 4.33. The van der Waals surface area contributed by atoms with Crippen LogP contribution in [0.2, 0.25) is 0 Å². The van der Waals surface area contributed by atoms with Crippen LogP contribution in [0.25, 0.3) is 0 Å². The van der Waals surface area contributed by atoms with E-state index >= 15 is 0 Å². The van der Waals surface area contributed by atoms with Crippen molar-refractivity contribution < 1.29 is 5.11 Å². The van der Waals surface area contributed by atoms with Crippen LogP contribution < -0.4 is 5.32 Å². The third kappa shape index (κ3) is 3.09. The molecule has 1 aromatic heterocycles. The van der Waals surface area contributed by atoms with Gasteiger partial charge in [-0.3, -0.25) is 0 Å². The first-order valence-corrected chi connectivity index (χ1v) is 6.72. The number of aliphatic hydroxyl groups is 1. The van der Waals surface area contributed by atoms with Crippen molar-refractivity contribution >= 4 is 0 Å². The van der Waals surface area contributed by atoms with Gasteiger partial charge in [-0.2, -0.15) is 5.10 Å². The second-order valence-corrected chi connectivity index (χ2v) is 5.84. The van der Waals surface area contributed by atoms with Crippen LogP contribution in [-0.4, -0.2) is 38.1 Å². The Morgan fingerprint density at radius 3 is 2.61 bits per heavy atom. The van der Waals surface area contributed by atoms with Gasteiger partial charge in [0, 0.05) is 11.6 Å². The van der Waals surface area contributed by atoms with Crippen LogP contribution in [-0.2, 0) is 0 Å². The quantitative estimate of drug-likeness (QED) is 0.802. The summed E-state index contributed by atoms with van der Waals surface area (Å²) in [5.74, 6) is 1.74. The summed E-state index contributed by atoms with van der Waals surface area (Å²) in [5.41, 5.74) is -0.229. The van der Waals surface area contributed by atoms with E-state index in [1.165, 1.54) is 12.8 Å². The summed E-state index contributed by atoms with van der Waals surface area (Å²) in [6, 6.07) is 0.822. The second kappa shape index (κ2) is 4.97. The van der Waals surface area contributed by atoms with Gasteiger partial charge < -0.3 is 10.4 Å². The van der Waals surface area contributed by atoms with Crippen molar-refractivity contribution in [2.24, 2.45) is 0 Å². The first-order chi connectivity index (χ1) is 8.43. The molecule has 0 aromatic carbocycles. The Morgan fingerprint density at radius 2 is 2.17 bits per heavy atom. The van der Waals surface area contributed by atoms with Crippen molar-refractivity contribution in [3.05, 3.63) is 11.6 Å². The highest BCUT2D eigenvalue weighted by molar-refractivity contribution is 4.96. The van der Waals surface area contributed by atoms with Gasteiger partial charge in [0.1, 0.15) is 11.6 Å². The molecule has 5 nitrogen and oxygen atoms in total. The number of hydrogen-bond acceptors (Lipinski definition) is 4. The standard InChI is InChI=1S/C13H24N4O/c1-9(17-11(3)14-10(2)16-17)7-13(4,8-18)15-12-5-6-12/h9,12,15,18H,5-8H2,1-4H3. The van der Waals surface area contributed by atoms with Crippen LogP contribution in [0, 0.1) is 13.8 Å². The Bertz CT molecular complexity index is 413. The summed E-state index contributed by atoms with van der Waals surface area (Å²) in [6.07, 6.45) is 3.31. The number of nitrogens with one attached hydrogen (secondary N) is 1. The number of hydrogen-bond donors (Lipinski definition) is 2. The fourth-order valence-corrected chi connectivity index (χ4v) is 2.58. The van der Waals surface area contributed by atoms with Gasteiger partial charge in [-0.15, -0.1) is 0 Å². The molecule has 1 heterocycles. The largest absolute Gasteiger partial charge is 0.394 e. The zero-order chi connectivity index (χ0) is 13.3. The molecule has 0 bridgehead atoms. The zero-order valence-corrected chi connectivity index (χ0v) is 11.8. The molecular formula is C13H24N4O. The summed E-state index contributed by atoms with van der Waals surface area (Å²) in [7, 11) is 0. The summed E-state index contributed by atoms with van der Waals surface area (Å²) in [5, 5.41) is 17.6. The maximum absolute atomic E-state index is 9.62. The van der Waals surface area contributed by atoms with Gasteiger partial charge in [0.15, 0.2) is 0 Å². The molecule has 0 aliphatic heterocycles. The van der Waals surface area contributed by atoms with E-state index in [1.54, 1.807) is 0 Å². The summed E-state index contributed by atoms with van der Waals surface area (Å²) < 4.78 is 1.96. The molecule has 1 aromatic rings. The molecule has 0 radical (unpaired) electrons. The van der Waals surface area contributed by atoms with Crippen molar-refractivity contribution in [1.82, 2.24) is 20.1 Å². The Kier molecular flexibility index (Phi) is 3.73. The molecule has 0 spiro atoms. The third-order valence-electron chi connectivity index (χ3n) is 3.55. The van der Waals surface area contributed by atoms with E-state index in [9.17, 15) is 5.11 Å². The van der Waals surface area contributed by atoms with E-state index in [0.717, 1.165) is 18.1 Å². The molecule has 1 fully saturated rings. The molecule has 2 rings (SSSR count). The van der Waals surface area contributed by atoms with Crippen LogP contribution in [0.15, 0.2) is 0 Å². The van der Waals surface area contributed by atoms with E-state index < -0.39 is 0 Å². The molecule has 0 amide bonds. The van der Waals surface area contributed by atoms with Gasteiger partial charge in [0.05, 0.1) is 12.6 Å². The zero-order valence-electron chi connectivity index (χ0n) is 11.8. The molecular weight excluding hydrogens is 228 g/mol. The van der Waals surface area contributed by atoms with Crippen LogP contribution in [0.3, 0.4) is 0 Å². The number of aromatic nitrogens is 3. The predicted molar refractivity (Wildman–Crippen MR) is 70.5 cm³/mol. The topological polar surface area (TPSA) is 63.0 Å². The van der Waals surface area contributed by atoms with Crippen LogP contribution >= 0.6 is 0 Å². The minimum atomic E-state index is -0.229. The lowest BCUT2D eigenvalue weighted by Crippen LogP contribution is -2.48. The van der Waals surface area contributed by atoms with E-state index in [2.05, 4.69) is 29.2 Å². The van der Waals surface area contributed by atoms with Gasteiger partial charge in [-0.05, 0) is 47.0 Å². The first-order valence-electron chi connectivity index (χ1n) is 6.72. The van der Waals surface area contributed by atoms with Crippen molar-refractivity contribution in [2.75, 3.05) is 6.61 Å². The third-order valence-corrected chi connectivity index (χ3v) is 3.55. The molecule has 102 valence electrons. The lowest BCUT2D eigenvalue weighted by molar-refractivity contribution is 0.146. The molecule has 0 saturated heterocycles. The fourth-order valence-electron chi connectivity index (χ4n) is 2.58. The molecule has 18 heavy (non-hydrogen) atoms. The Hall–Kier alpha value is -0.940. The predicted octanol–water partition coefficient (Wildman–Crippen LogP) is 1.35. The van der Waals surface area contributed by atoms with Crippen molar-refractivity contribution in [3.63, 3.8) is 0 Å². The fraction of sp³-hybridized carbons (Fsp3) is 0.846. The van der Waals surface area contributed by atoms with Gasteiger partial charge in [0.2, 0.25) is 0 Å². The second-order valence-electron chi connectivity index (χ2n) is 5.84. The molecule has 1 aliphatic carbocycles. The molecule has 2 atom stereocenters. The lowest BCUT2D eigenvalue weighted by Gasteiger charge is -2.32. The first kappa shape index (κ1) is 13.5. The molecule has 1 saturated carbocycles. The van der Waals surface area contributed by atoms with Gasteiger partial charge >= 0.3 is 0 Å². The maximum atomic E-state index is 9.62. The molecule has 2 unspecified atom stereocenters. The molecule has 2 N–H and O–H groups in total. The van der Waals surface area contributed by atoms with Gasteiger partial charge in [0.25, 0.3) is 0 Å². The van der Waals surface area contributed by atoms with E-state index in [0.29, 0.717) is 6.04 Å². The van der Waals surface area contributed by atoms with Crippen molar-refractivity contribution in [2.45, 2.75) is 64.6 Å². The molecule has 5 heteroatoms. The Labute approximate surface area is 109 Å². The minimum absolute atomic E-state index is 0.153. The monoisotopic (exact) mass is 252 g/mol. The SMILES string of the molecule is Cc1nc(C)n(C(C)CC(C)(CO)NC2CC2)n1. The number of nitrogens with zero attached hydrogens (tertiary/aromatic N) is 3. The number of rotatable bonds is 6. The average molecular weight is 252 g/mol. The highest BCUT2D eigenvalue weighted by atomic mass is 16.3. The smallest absolute Gasteiger partial charge is 0.147 e. The lowest BCUT2D eigenvalue weighted by atomic mass is 9.94. The number of aliphatic hydroxyl groups excluding tert-OH is 1. The highest BCUT2D eigenvalue weighted by Gasteiger charge is 2.33. The van der Waals surface area contributed by atoms with Crippen LogP contribution in [0.5, 0.6) is 0 Å². The summed E-state index contributed by atoms with van der Waals surface area (Å²) in [6.45, 7) is 8.25. The van der Waals surface area contributed by atoms with E-state index in [1.807, 2.05) is 18.5 Å². The van der Waals surface area contributed by atoms with E-state index in [-0.39, 0.29) is 18.2 Å². The van der Waals surface area contributed by atoms with Gasteiger partial charge in [-0.1, -0.05) is 0 Å². The summed E-state index contributed by atoms with van der Waals surface area (Å²) >= 11 is 0. The highest BCUT2D eigenvalue weighted by Crippen LogP contribution is 2.27. The Morgan fingerprint density at radius 1 is 1.50 bits per heavy atom. The van der Waals surface area contributed by atoms with E-state index in [4.69, 9.17) is 0 Å². The normalized spacial score (nSPS) is 20.7. The van der Waals surface area contributed by atoms with Crippen LogP contribution in [0.4, 0.5) is 0 Å². The van der Waals surface area contributed by atoms with Crippen LogP contribution in [0.1, 0.15) is 50.8 Å². The van der Waals surface area contributed by atoms with Gasteiger partial charge in [-0.25, -0.2) is 9.67 Å². The average Bonchev–Trinajstić information content (AvgIpc) is 3.02. The maximum Gasteiger partial charge on any atom is 0.147 e.